The second-order valence-corrected chi connectivity index (χ2v) is 9.11. The van der Waals surface area contributed by atoms with Gasteiger partial charge in [0.1, 0.15) is 0 Å². The van der Waals surface area contributed by atoms with Crippen LogP contribution in [0.25, 0.3) is 0 Å². The summed E-state index contributed by atoms with van der Waals surface area (Å²) in [4.78, 5) is 12.6. The zero-order chi connectivity index (χ0) is 20.8. The molecule has 166 valence electrons. The number of ether oxygens (including phenoxy) is 1. The zero-order valence-corrected chi connectivity index (χ0v) is 18.8. The molecule has 1 N–H and O–H groups in total. The topological polar surface area (TPSA) is 43.3 Å². The lowest BCUT2D eigenvalue weighted by Gasteiger charge is -2.48. The highest BCUT2D eigenvalue weighted by atomic mass is 16.5. The Hall–Kier alpha value is -1.63. The van der Waals surface area contributed by atoms with Crippen molar-refractivity contribution in [3.05, 3.63) is 35.9 Å². The van der Waals surface area contributed by atoms with Gasteiger partial charge in [0.25, 0.3) is 0 Å². The first-order valence-electron chi connectivity index (χ1n) is 11.8. The molecule has 3 aliphatic heterocycles. The fourth-order valence-electron chi connectivity index (χ4n) is 5.30. The predicted octanol–water partition coefficient (Wildman–Crippen LogP) is 2.27. The molecule has 0 amide bonds. The minimum absolute atomic E-state index is 0.214. The number of hydrogen-bond donors (Lipinski definition) is 1. The minimum Gasteiger partial charge on any atom is -0.374 e. The Balaban J connectivity index is 1.37. The third-order valence-corrected chi connectivity index (χ3v) is 6.83. The van der Waals surface area contributed by atoms with E-state index in [1.54, 1.807) is 0 Å². The number of nitrogens with zero attached hydrogens (tertiary/aromatic N) is 4. The molecule has 3 fully saturated rings. The Labute approximate surface area is 182 Å². The summed E-state index contributed by atoms with van der Waals surface area (Å²) in [5.41, 5.74) is 1.44. The second-order valence-electron chi connectivity index (χ2n) is 9.11. The van der Waals surface area contributed by atoms with E-state index in [0.29, 0.717) is 6.04 Å². The molecule has 4 rings (SSSR count). The van der Waals surface area contributed by atoms with Gasteiger partial charge in [0, 0.05) is 45.3 Å². The van der Waals surface area contributed by atoms with Gasteiger partial charge in [-0.25, -0.2) is 0 Å². The van der Waals surface area contributed by atoms with E-state index in [4.69, 9.17) is 9.73 Å². The summed E-state index contributed by atoms with van der Waals surface area (Å²) in [6.07, 6.45) is 4.08. The number of likely N-dealkylation sites (tertiary alicyclic amines) is 2. The van der Waals surface area contributed by atoms with E-state index in [9.17, 15) is 0 Å². The zero-order valence-electron chi connectivity index (χ0n) is 18.8. The summed E-state index contributed by atoms with van der Waals surface area (Å²) in [5.74, 6) is 1.81. The number of aliphatic imine (C=N–C) groups is 1. The van der Waals surface area contributed by atoms with Crippen LogP contribution in [-0.4, -0.2) is 92.3 Å². The third kappa shape index (κ3) is 5.54. The first-order chi connectivity index (χ1) is 14.7. The maximum atomic E-state index is 5.92. The lowest BCUT2D eigenvalue weighted by Crippen LogP contribution is -2.56. The molecule has 1 aromatic rings. The van der Waals surface area contributed by atoms with E-state index in [1.165, 1.54) is 31.4 Å². The molecule has 0 saturated carbocycles. The van der Waals surface area contributed by atoms with Crippen molar-refractivity contribution in [3.8, 4) is 0 Å². The quantitative estimate of drug-likeness (QED) is 0.593. The first-order valence-corrected chi connectivity index (χ1v) is 11.8. The molecular weight excluding hydrogens is 374 g/mol. The van der Waals surface area contributed by atoms with E-state index in [-0.39, 0.29) is 6.10 Å². The lowest BCUT2D eigenvalue weighted by molar-refractivity contribution is -0.0138. The van der Waals surface area contributed by atoms with Gasteiger partial charge < -0.3 is 19.9 Å². The minimum atomic E-state index is 0.214. The third-order valence-electron chi connectivity index (χ3n) is 6.83. The molecule has 6 heteroatoms. The SMILES string of the molecule is CCNC(=NCC1CN(C)CCO1)N1CCC2C(CCCN2Cc2ccccc2)C1. The molecule has 0 bridgehead atoms. The molecule has 3 saturated heterocycles. The Morgan fingerprint density at radius 1 is 1.13 bits per heavy atom. The molecule has 30 heavy (non-hydrogen) atoms. The van der Waals surface area contributed by atoms with Crippen LogP contribution in [0.5, 0.6) is 0 Å². The van der Waals surface area contributed by atoms with Crippen molar-refractivity contribution in [2.75, 3.05) is 59.5 Å². The molecule has 0 spiro atoms. The van der Waals surface area contributed by atoms with Crippen LogP contribution >= 0.6 is 0 Å². The Bertz CT molecular complexity index is 681. The highest BCUT2D eigenvalue weighted by Crippen LogP contribution is 2.31. The van der Waals surface area contributed by atoms with Crippen LogP contribution in [0.2, 0.25) is 0 Å². The van der Waals surface area contributed by atoms with E-state index in [2.05, 4.69) is 64.3 Å². The summed E-state index contributed by atoms with van der Waals surface area (Å²) >= 11 is 0. The molecule has 3 unspecified atom stereocenters. The monoisotopic (exact) mass is 413 g/mol. The van der Waals surface area contributed by atoms with Crippen molar-refractivity contribution < 1.29 is 4.74 Å². The summed E-state index contributed by atoms with van der Waals surface area (Å²) in [6, 6.07) is 11.7. The van der Waals surface area contributed by atoms with Gasteiger partial charge in [-0.15, -0.1) is 0 Å². The van der Waals surface area contributed by atoms with Crippen LogP contribution in [0.1, 0.15) is 31.7 Å². The van der Waals surface area contributed by atoms with Crippen molar-refractivity contribution in [1.29, 1.82) is 0 Å². The second kappa shape index (κ2) is 10.6. The number of nitrogens with one attached hydrogen (secondary N) is 1. The number of morpholine rings is 1. The Kier molecular flexibility index (Phi) is 7.63. The predicted molar refractivity (Wildman–Crippen MR) is 123 cm³/mol. The standard InChI is InChI=1S/C24H39N5O/c1-3-25-24(26-16-22-19-27(2)14-15-30-22)29-13-11-23-21(18-29)10-7-12-28(23)17-20-8-5-4-6-9-20/h4-6,8-9,21-23H,3,7,10-19H2,1-2H3,(H,25,26). The van der Waals surface area contributed by atoms with Gasteiger partial charge >= 0.3 is 0 Å². The van der Waals surface area contributed by atoms with E-state index in [1.807, 2.05) is 0 Å². The van der Waals surface area contributed by atoms with Crippen LogP contribution in [0.15, 0.2) is 35.3 Å². The van der Waals surface area contributed by atoms with Gasteiger partial charge in [0.2, 0.25) is 0 Å². The Morgan fingerprint density at radius 2 is 2.00 bits per heavy atom. The smallest absolute Gasteiger partial charge is 0.194 e. The highest BCUT2D eigenvalue weighted by molar-refractivity contribution is 5.80. The average molecular weight is 414 g/mol. The number of piperidine rings is 2. The fraction of sp³-hybridized carbons (Fsp3) is 0.708. The fourth-order valence-corrected chi connectivity index (χ4v) is 5.30. The number of likely N-dealkylation sites (N-methyl/N-ethyl adjacent to an activating group) is 1. The summed E-state index contributed by atoms with van der Waals surface area (Å²) in [7, 11) is 2.17. The normalized spacial score (nSPS) is 28.9. The van der Waals surface area contributed by atoms with Crippen LogP contribution in [0.4, 0.5) is 0 Å². The molecule has 0 aromatic heterocycles. The van der Waals surface area contributed by atoms with Gasteiger partial charge in [0.15, 0.2) is 5.96 Å². The van der Waals surface area contributed by atoms with Gasteiger partial charge in [0.05, 0.1) is 19.3 Å². The molecular formula is C24H39N5O. The van der Waals surface area contributed by atoms with Crippen molar-refractivity contribution >= 4 is 5.96 Å². The van der Waals surface area contributed by atoms with Crippen molar-refractivity contribution in [2.45, 2.75) is 44.9 Å². The summed E-state index contributed by atoms with van der Waals surface area (Å²) in [5, 5.41) is 3.54. The maximum Gasteiger partial charge on any atom is 0.194 e. The lowest BCUT2D eigenvalue weighted by atomic mass is 9.83. The van der Waals surface area contributed by atoms with Crippen molar-refractivity contribution in [1.82, 2.24) is 20.0 Å². The number of benzene rings is 1. The molecule has 3 atom stereocenters. The molecule has 0 radical (unpaired) electrons. The number of fused-ring (bicyclic) bond motifs is 1. The highest BCUT2D eigenvalue weighted by Gasteiger charge is 2.36. The number of guanidine groups is 1. The van der Waals surface area contributed by atoms with Gasteiger partial charge in [-0.2, -0.15) is 0 Å². The van der Waals surface area contributed by atoms with Crippen LogP contribution in [0.3, 0.4) is 0 Å². The molecule has 0 aliphatic carbocycles. The maximum absolute atomic E-state index is 5.92. The molecule has 3 heterocycles. The first kappa shape index (κ1) is 21.6. The molecule has 6 nitrogen and oxygen atoms in total. The van der Waals surface area contributed by atoms with E-state index < -0.39 is 0 Å². The van der Waals surface area contributed by atoms with Gasteiger partial charge in [-0.3, -0.25) is 9.89 Å². The van der Waals surface area contributed by atoms with Crippen LogP contribution in [0, 0.1) is 5.92 Å². The molecule has 1 aromatic carbocycles. The Morgan fingerprint density at radius 3 is 2.80 bits per heavy atom. The number of rotatable bonds is 5. The van der Waals surface area contributed by atoms with Crippen LogP contribution < -0.4 is 5.32 Å². The van der Waals surface area contributed by atoms with E-state index >= 15 is 0 Å². The molecule has 3 aliphatic rings. The van der Waals surface area contributed by atoms with Crippen molar-refractivity contribution in [2.24, 2.45) is 10.9 Å². The summed E-state index contributed by atoms with van der Waals surface area (Å²) in [6.45, 7) is 11.2. The average Bonchev–Trinajstić information content (AvgIpc) is 2.77. The summed E-state index contributed by atoms with van der Waals surface area (Å²) < 4.78 is 5.92. The van der Waals surface area contributed by atoms with Crippen LogP contribution in [-0.2, 0) is 11.3 Å². The van der Waals surface area contributed by atoms with Gasteiger partial charge in [-0.05, 0) is 51.3 Å². The van der Waals surface area contributed by atoms with Crippen molar-refractivity contribution in [3.63, 3.8) is 0 Å². The van der Waals surface area contributed by atoms with Gasteiger partial charge in [-0.1, -0.05) is 30.3 Å². The number of hydrogen-bond acceptors (Lipinski definition) is 4. The largest absolute Gasteiger partial charge is 0.374 e. The van der Waals surface area contributed by atoms with E-state index in [0.717, 1.165) is 64.3 Å².